The number of carboxylic acids is 1. The summed E-state index contributed by atoms with van der Waals surface area (Å²) in [6.45, 7) is 8.92. The highest BCUT2D eigenvalue weighted by Crippen LogP contribution is 2.26. The number of ether oxygens (including phenoxy) is 1. The molecule has 3 rings (SSSR count). The molecular weight excluding hydrogens is 615 g/mol. The Hall–Kier alpha value is -3.96. The first-order valence-corrected chi connectivity index (χ1v) is 17.1. The number of rotatable bonds is 14. The average molecular weight is 654 g/mol. The standard InChI is InChI=1S/C34H39NO8S2/c1-22-6-14-27(15-7-22)44-20-26(21-45(41,42)28-16-8-23(2)9-17-28)31(37)24-10-12-25(13-11-24)32(38)35-29(33(39)40)18-19-30(36)43-34(3,4)5/h6-17,26,29H,18-21H2,1-5H3,(H,35,38)(H,39,40)/t26?,29-/m0/s1. The normalized spacial score (nSPS) is 13.0. The second kappa shape index (κ2) is 15.4. The van der Waals surface area contributed by atoms with Gasteiger partial charge in [0.25, 0.3) is 5.91 Å². The molecule has 0 aliphatic heterocycles. The summed E-state index contributed by atoms with van der Waals surface area (Å²) < 4.78 is 31.8. The van der Waals surface area contributed by atoms with Crippen molar-refractivity contribution >= 4 is 45.2 Å². The Morgan fingerprint density at radius 3 is 1.91 bits per heavy atom. The van der Waals surface area contributed by atoms with Crippen LogP contribution in [0.1, 0.15) is 65.5 Å². The van der Waals surface area contributed by atoms with Gasteiger partial charge in [0, 0.05) is 34.1 Å². The molecule has 0 saturated carbocycles. The van der Waals surface area contributed by atoms with Gasteiger partial charge in [0.05, 0.1) is 10.6 Å². The van der Waals surface area contributed by atoms with Crippen LogP contribution in [0.15, 0.2) is 82.6 Å². The van der Waals surface area contributed by atoms with E-state index in [0.717, 1.165) is 16.0 Å². The lowest BCUT2D eigenvalue weighted by Crippen LogP contribution is -2.41. The number of thioether (sulfide) groups is 1. The largest absolute Gasteiger partial charge is 0.480 e. The smallest absolute Gasteiger partial charge is 0.326 e. The first-order chi connectivity index (χ1) is 21.0. The lowest BCUT2D eigenvalue weighted by Gasteiger charge is -2.20. The van der Waals surface area contributed by atoms with Gasteiger partial charge in [0.15, 0.2) is 15.6 Å². The Kier molecular flexibility index (Phi) is 12.1. The summed E-state index contributed by atoms with van der Waals surface area (Å²) in [6.07, 6.45) is -0.363. The highest BCUT2D eigenvalue weighted by atomic mass is 32.2. The molecule has 0 fully saturated rings. The molecule has 3 aromatic rings. The van der Waals surface area contributed by atoms with Gasteiger partial charge in [0.1, 0.15) is 11.6 Å². The summed E-state index contributed by atoms with van der Waals surface area (Å²) >= 11 is 1.39. The number of nitrogens with one attached hydrogen (secondary N) is 1. The van der Waals surface area contributed by atoms with Crippen LogP contribution in [-0.4, -0.2) is 60.3 Å². The van der Waals surface area contributed by atoms with Crippen molar-refractivity contribution in [2.75, 3.05) is 11.5 Å². The van der Waals surface area contributed by atoms with Crippen LogP contribution in [0.25, 0.3) is 0 Å². The van der Waals surface area contributed by atoms with E-state index in [4.69, 9.17) is 4.74 Å². The molecular formula is C34H39NO8S2. The van der Waals surface area contributed by atoms with Gasteiger partial charge in [0.2, 0.25) is 0 Å². The molecule has 0 spiro atoms. The van der Waals surface area contributed by atoms with Gasteiger partial charge in [-0.25, -0.2) is 13.2 Å². The van der Waals surface area contributed by atoms with Crippen molar-refractivity contribution in [1.29, 1.82) is 0 Å². The lowest BCUT2D eigenvalue weighted by atomic mass is 9.99. The molecule has 11 heteroatoms. The van der Waals surface area contributed by atoms with Crippen LogP contribution in [0.5, 0.6) is 0 Å². The van der Waals surface area contributed by atoms with Crippen LogP contribution in [0.2, 0.25) is 0 Å². The Labute approximate surface area is 268 Å². The van der Waals surface area contributed by atoms with E-state index in [1.165, 1.54) is 48.2 Å². The van der Waals surface area contributed by atoms with E-state index in [9.17, 15) is 32.7 Å². The molecule has 0 heterocycles. The fourth-order valence-electron chi connectivity index (χ4n) is 4.31. The minimum Gasteiger partial charge on any atom is -0.480 e. The summed E-state index contributed by atoms with van der Waals surface area (Å²) in [5, 5.41) is 12.0. The van der Waals surface area contributed by atoms with Gasteiger partial charge in [-0.05, 0) is 77.4 Å². The molecule has 240 valence electrons. The monoisotopic (exact) mass is 653 g/mol. The maximum atomic E-state index is 13.7. The van der Waals surface area contributed by atoms with E-state index in [-0.39, 0.29) is 34.6 Å². The number of benzene rings is 3. The zero-order valence-electron chi connectivity index (χ0n) is 26.0. The lowest BCUT2D eigenvalue weighted by molar-refractivity contribution is -0.155. The molecule has 2 atom stereocenters. The number of carbonyl (C=O) groups is 4. The third-order valence-corrected chi connectivity index (χ3v) is 9.74. The number of sulfone groups is 1. The third-order valence-electron chi connectivity index (χ3n) is 6.74. The average Bonchev–Trinajstić information content (AvgIpc) is 2.97. The second-order valence-electron chi connectivity index (χ2n) is 11.8. The molecule has 0 radical (unpaired) electrons. The number of amides is 1. The van der Waals surface area contributed by atoms with Crippen LogP contribution in [0, 0.1) is 19.8 Å². The molecule has 0 aliphatic carbocycles. The molecule has 3 aromatic carbocycles. The number of carbonyl (C=O) groups excluding carboxylic acids is 3. The summed E-state index contributed by atoms with van der Waals surface area (Å²) in [4.78, 5) is 51.3. The van der Waals surface area contributed by atoms with Gasteiger partial charge in [-0.2, -0.15) is 0 Å². The highest BCUT2D eigenvalue weighted by Gasteiger charge is 2.29. The fraction of sp³-hybridized carbons (Fsp3) is 0.353. The quantitative estimate of drug-likeness (QED) is 0.128. The van der Waals surface area contributed by atoms with E-state index >= 15 is 0 Å². The van der Waals surface area contributed by atoms with Crippen LogP contribution in [-0.2, 0) is 24.2 Å². The summed E-state index contributed by atoms with van der Waals surface area (Å²) in [5.74, 6) is -4.03. The second-order valence-corrected chi connectivity index (χ2v) is 15.0. The Morgan fingerprint density at radius 2 is 1.38 bits per heavy atom. The van der Waals surface area contributed by atoms with Crippen LogP contribution in [0.4, 0.5) is 0 Å². The summed E-state index contributed by atoms with van der Waals surface area (Å²) in [7, 11) is -3.79. The topological polar surface area (TPSA) is 144 Å². The minimum atomic E-state index is -3.79. The van der Waals surface area contributed by atoms with Gasteiger partial charge in [-0.3, -0.25) is 14.4 Å². The van der Waals surface area contributed by atoms with E-state index in [1.54, 1.807) is 32.9 Å². The van der Waals surface area contributed by atoms with Crippen LogP contribution >= 0.6 is 11.8 Å². The van der Waals surface area contributed by atoms with Crippen molar-refractivity contribution in [1.82, 2.24) is 5.32 Å². The van der Waals surface area contributed by atoms with E-state index in [1.807, 2.05) is 38.1 Å². The van der Waals surface area contributed by atoms with Crippen LogP contribution in [0.3, 0.4) is 0 Å². The summed E-state index contributed by atoms with van der Waals surface area (Å²) in [6, 6.07) is 18.5. The maximum Gasteiger partial charge on any atom is 0.326 e. The SMILES string of the molecule is Cc1ccc(SCC(CS(=O)(=O)c2ccc(C)cc2)C(=O)c2ccc(C(=O)N[C@@H](CCC(=O)OC(C)(C)C)C(=O)O)cc2)cc1. The minimum absolute atomic E-state index is 0.105. The van der Waals surface area contributed by atoms with Crippen molar-refractivity contribution in [2.45, 2.75) is 68.9 Å². The molecule has 1 amide bonds. The Balaban J connectivity index is 1.75. The number of ketones is 1. The number of hydrogen-bond donors (Lipinski definition) is 2. The first kappa shape index (κ1) is 35.5. The fourth-order valence-corrected chi connectivity index (χ4v) is 7.00. The first-order valence-electron chi connectivity index (χ1n) is 14.4. The predicted octanol–water partition coefficient (Wildman–Crippen LogP) is 5.67. The maximum absolute atomic E-state index is 13.7. The molecule has 45 heavy (non-hydrogen) atoms. The van der Waals surface area contributed by atoms with Gasteiger partial charge in [-0.15, -0.1) is 11.8 Å². The number of hydrogen-bond acceptors (Lipinski definition) is 8. The van der Waals surface area contributed by atoms with Crippen molar-refractivity contribution in [2.24, 2.45) is 5.92 Å². The highest BCUT2D eigenvalue weighted by molar-refractivity contribution is 7.99. The van der Waals surface area contributed by atoms with Crippen LogP contribution < -0.4 is 5.32 Å². The Bertz CT molecular complexity index is 1610. The zero-order chi connectivity index (χ0) is 33.4. The number of aryl methyl sites for hydroxylation is 2. The molecule has 0 aliphatic rings. The number of Topliss-reactive ketones (excluding diaryl/α,β-unsaturated/α-hetero) is 1. The van der Waals surface area contributed by atoms with Crippen molar-refractivity contribution < 1.29 is 37.4 Å². The van der Waals surface area contributed by atoms with E-state index in [2.05, 4.69) is 5.32 Å². The number of esters is 1. The molecule has 0 saturated heterocycles. The van der Waals surface area contributed by atoms with Gasteiger partial charge in [-0.1, -0.05) is 47.5 Å². The predicted molar refractivity (Wildman–Crippen MR) is 173 cm³/mol. The van der Waals surface area contributed by atoms with Crippen molar-refractivity contribution in [3.63, 3.8) is 0 Å². The van der Waals surface area contributed by atoms with Crippen molar-refractivity contribution in [3.05, 3.63) is 95.1 Å². The number of carboxylic acid groups (broad SMARTS) is 1. The number of aliphatic carboxylic acids is 1. The van der Waals surface area contributed by atoms with Gasteiger partial charge < -0.3 is 15.2 Å². The molecule has 2 N–H and O–H groups in total. The van der Waals surface area contributed by atoms with E-state index in [0.29, 0.717) is 0 Å². The van der Waals surface area contributed by atoms with E-state index < -0.39 is 56.8 Å². The Morgan fingerprint density at radius 1 is 0.844 bits per heavy atom. The van der Waals surface area contributed by atoms with Gasteiger partial charge >= 0.3 is 11.9 Å². The molecule has 0 bridgehead atoms. The molecule has 9 nitrogen and oxygen atoms in total. The molecule has 0 aromatic heterocycles. The third kappa shape index (κ3) is 11.2. The summed E-state index contributed by atoms with van der Waals surface area (Å²) in [5.41, 5.74) is 1.60. The van der Waals surface area contributed by atoms with Crippen molar-refractivity contribution in [3.8, 4) is 0 Å². The zero-order valence-corrected chi connectivity index (χ0v) is 27.7. The molecule has 1 unspecified atom stereocenters.